The third kappa shape index (κ3) is 5.07. The van der Waals surface area contributed by atoms with Crippen molar-refractivity contribution in [3.8, 4) is 0 Å². The second-order valence-electron chi connectivity index (χ2n) is 4.85. The number of nitrogens with one attached hydrogen (secondary N) is 1. The number of hydrogen-bond donors (Lipinski definition) is 1. The average molecular weight is 332 g/mol. The second-order valence-corrected chi connectivity index (χ2v) is 5.57. The molecule has 0 fully saturated rings. The monoisotopic (exact) mass is 331 g/mol. The quantitative estimate of drug-likeness (QED) is 0.761. The van der Waals surface area contributed by atoms with E-state index in [4.69, 9.17) is 4.74 Å². The first kappa shape index (κ1) is 16.4. The number of allylic oxidation sites excluding steroid dienone is 1. The van der Waals surface area contributed by atoms with Crippen molar-refractivity contribution in [2.24, 2.45) is 0 Å². The Balaban J connectivity index is 2.83. The molecule has 1 aliphatic carbocycles. The SMILES string of the molecule is CCC(CC)OC1C=C(C(=O)Br)CCC1NC(C)=O. The van der Waals surface area contributed by atoms with Crippen molar-refractivity contribution in [3.05, 3.63) is 11.6 Å². The lowest BCUT2D eigenvalue weighted by atomic mass is 9.93. The number of rotatable bonds is 6. The normalized spacial score (nSPS) is 23.1. The van der Waals surface area contributed by atoms with Gasteiger partial charge in [0.15, 0.2) is 0 Å². The van der Waals surface area contributed by atoms with Crippen molar-refractivity contribution in [2.45, 2.75) is 64.7 Å². The van der Waals surface area contributed by atoms with Gasteiger partial charge in [0, 0.05) is 12.5 Å². The van der Waals surface area contributed by atoms with Gasteiger partial charge in [-0.1, -0.05) is 13.8 Å². The van der Waals surface area contributed by atoms with Crippen molar-refractivity contribution in [3.63, 3.8) is 0 Å². The van der Waals surface area contributed by atoms with Crippen LogP contribution in [0.2, 0.25) is 0 Å². The Hall–Kier alpha value is -0.680. The van der Waals surface area contributed by atoms with Crippen molar-refractivity contribution >= 4 is 26.5 Å². The molecule has 0 saturated heterocycles. The molecule has 0 aliphatic heterocycles. The highest BCUT2D eigenvalue weighted by atomic mass is 79.9. The molecule has 5 heteroatoms. The predicted octanol–water partition coefficient (Wildman–Crippen LogP) is 2.71. The molecular formula is C14H22BrNO3. The van der Waals surface area contributed by atoms with Crippen LogP contribution in [0.3, 0.4) is 0 Å². The van der Waals surface area contributed by atoms with Crippen LogP contribution in [0, 0.1) is 0 Å². The molecule has 1 amide bonds. The molecule has 1 rings (SSSR count). The molecule has 0 saturated carbocycles. The van der Waals surface area contributed by atoms with Gasteiger partial charge in [0.1, 0.15) is 0 Å². The van der Waals surface area contributed by atoms with E-state index in [2.05, 4.69) is 35.1 Å². The van der Waals surface area contributed by atoms with Crippen molar-refractivity contribution in [1.29, 1.82) is 0 Å². The van der Waals surface area contributed by atoms with E-state index < -0.39 is 0 Å². The van der Waals surface area contributed by atoms with E-state index in [1.165, 1.54) is 6.92 Å². The minimum Gasteiger partial charge on any atom is -0.369 e. The van der Waals surface area contributed by atoms with Crippen LogP contribution in [0.4, 0.5) is 0 Å². The first-order chi connectivity index (χ1) is 8.97. The highest BCUT2D eigenvalue weighted by Crippen LogP contribution is 2.25. The molecule has 1 aliphatic rings. The van der Waals surface area contributed by atoms with Crippen LogP contribution >= 0.6 is 15.9 Å². The highest BCUT2D eigenvalue weighted by molar-refractivity contribution is 9.18. The molecule has 0 spiro atoms. The Labute approximate surface area is 123 Å². The Kier molecular flexibility index (Phi) is 6.72. The Morgan fingerprint density at radius 1 is 1.47 bits per heavy atom. The first-order valence-corrected chi connectivity index (χ1v) is 7.60. The zero-order valence-corrected chi connectivity index (χ0v) is 13.3. The van der Waals surface area contributed by atoms with Crippen LogP contribution < -0.4 is 5.32 Å². The fourth-order valence-corrected chi connectivity index (χ4v) is 2.62. The highest BCUT2D eigenvalue weighted by Gasteiger charge is 2.29. The molecule has 0 aromatic heterocycles. The Morgan fingerprint density at radius 3 is 2.58 bits per heavy atom. The van der Waals surface area contributed by atoms with Crippen LogP contribution in [-0.2, 0) is 14.3 Å². The molecule has 2 unspecified atom stereocenters. The molecule has 0 bridgehead atoms. The maximum absolute atomic E-state index is 11.4. The lowest BCUT2D eigenvalue weighted by Crippen LogP contribution is -2.46. The summed E-state index contributed by atoms with van der Waals surface area (Å²) in [6.07, 6.45) is 5.02. The number of halogens is 1. The Morgan fingerprint density at radius 2 is 2.11 bits per heavy atom. The third-order valence-electron chi connectivity index (χ3n) is 3.39. The van der Waals surface area contributed by atoms with Gasteiger partial charge in [-0.25, -0.2) is 0 Å². The number of carbonyl (C=O) groups excluding carboxylic acids is 2. The van der Waals surface area contributed by atoms with Crippen LogP contribution in [-0.4, -0.2) is 28.8 Å². The topological polar surface area (TPSA) is 55.4 Å². The number of amides is 1. The molecule has 4 nitrogen and oxygen atoms in total. The third-order valence-corrected chi connectivity index (χ3v) is 3.90. The van der Waals surface area contributed by atoms with Crippen molar-refractivity contribution in [1.82, 2.24) is 5.32 Å². The molecule has 0 aromatic carbocycles. The minimum atomic E-state index is -0.223. The van der Waals surface area contributed by atoms with Crippen LogP contribution in [0.25, 0.3) is 0 Å². The summed E-state index contributed by atoms with van der Waals surface area (Å²) >= 11 is 2.98. The summed E-state index contributed by atoms with van der Waals surface area (Å²) in [5.74, 6) is -0.0647. The number of hydrogen-bond acceptors (Lipinski definition) is 3. The maximum atomic E-state index is 11.4. The van der Waals surface area contributed by atoms with Gasteiger partial charge in [-0.3, -0.25) is 9.59 Å². The zero-order valence-electron chi connectivity index (χ0n) is 11.7. The molecular weight excluding hydrogens is 310 g/mol. The van der Waals surface area contributed by atoms with Crippen LogP contribution in [0.5, 0.6) is 0 Å². The second kappa shape index (κ2) is 7.80. The van der Waals surface area contributed by atoms with E-state index in [0.29, 0.717) is 6.42 Å². The fourth-order valence-electron chi connectivity index (χ4n) is 2.29. The molecule has 108 valence electrons. The lowest BCUT2D eigenvalue weighted by Gasteiger charge is -2.32. The zero-order chi connectivity index (χ0) is 14.4. The van der Waals surface area contributed by atoms with Gasteiger partial charge >= 0.3 is 0 Å². The van der Waals surface area contributed by atoms with E-state index in [-0.39, 0.29) is 28.8 Å². The molecule has 2 atom stereocenters. The van der Waals surface area contributed by atoms with Gasteiger partial charge in [-0.05, 0) is 47.7 Å². The van der Waals surface area contributed by atoms with E-state index in [0.717, 1.165) is 24.8 Å². The van der Waals surface area contributed by atoms with E-state index in [1.54, 1.807) is 0 Å². The van der Waals surface area contributed by atoms with Gasteiger partial charge in [0.25, 0.3) is 0 Å². The first-order valence-electron chi connectivity index (χ1n) is 6.81. The van der Waals surface area contributed by atoms with Crippen molar-refractivity contribution in [2.75, 3.05) is 0 Å². The Bertz CT molecular complexity index is 364. The summed E-state index contributed by atoms with van der Waals surface area (Å²) in [4.78, 5) is 22.6. The van der Waals surface area contributed by atoms with Gasteiger partial charge in [-0.15, -0.1) is 0 Å². The van der Waals surface area contributed by atoms with E-state index in [9.17, 15) is 9.59 Å². The van der Waals surface area contributed by atoms with E-state index >= 15 is 0 Å². The van der Waals surface area contributed by atoms with Gasteiger partial charge < -0.3 is 10.1 Å². The molecule has 1 N–H and O–H groups in total. The van der Waals surface area contributed by atoms with Crippen LogP contribution in [0.15, 0.2) is 11.6 Å². The molecule has 0 heterocycles. The molecule has 0 radical (unpaired) electrons. The van der Waals surface area contributed by atoms with Gasteiger partial charge in [0.05, 0.1) is 18.2 Å². The average Bonchev–Trinajstić information content (AvgIpc) is 2.36. The smallest absolute Gasteiger partial charge is 0.223 e. The van der Waals surface area contributed by atoms with Gasteiger partial charge in [-0.2, -0.15) is 0 Å². The summed E-state index contributed by atoms with van der Waals surface area (Å²) in [6, 6.07) is -0.0475. The molecule has 19 heavy (non-hydrogen) atoms. The summed E-state index contributed by atoms with van der Waals surface area (Å²) in [7, 11) is 0. The van der Waals surface area contributed by atoms with Crippen molar-refractivity contribution < 1.29 is 14.3 Å². The van der Waals surface area contributed by atoms with Gasteiger partial charge in [0.2, 0.25) is 10.6 Å². The standard InChI is InChI=1S/C14H22BrNO3/c1-4-11(5-2)19-13-8-10(14(15)18)6-7-12(13)16-9(3)17/h8,11-13H,4-7H2,1-3H3,(H,16,17). The summed E-state index contributed by atoms with van der Waals surface area (Å²) in [5, 5.41) is 2.91. The van der Waals surface area contributed by atoms with Crippen LogP contribution in [0.1, 0.15) is 46.5 Å². The number of carbonyl (C=O) groups is 2. The summed E-state index contributed by atoms with van der Waals surface area (Å²) < 4.78 is 5.93. The summed E-state index contributed by atoms with van der Waals surface area (Å²) in [5.41, 5.74) is 0.734. The largest absolute Gasteiger partial charge is 0.369 e. The maximum Gasteiger partial charge on any atom is 0.223 e. The van der Waals surface area contributed by atoms with E-state index in [1.807, 2.05) is 6.08 Å². The number of ether oxygens (including phenoxy) is 1. The lowest BCUT2D eigenvalue weighted by molar-refractivity contribution is -0.121. The predicted molar refractivity (Wildman–Crippen MR) is 78.1 cm³/mol. The fraction of sp³-hybridized carbons (Fsp3) is 0.714. The molecule has 0 aromatic rings. The summed E-state index contributed by atoms with van der Waals surface area (Å²) in [6.45, 7) is 5.65. The minimum absolute atomic E-state index is 0.0475.